The minimum Gasteiger partial charge on any atom is -0.482 e. The molecule has 0 saturated carbocycles. The third-order valence-electron chi connectivity index (χ3n) is 3.19. The fraction of sp³-hybridized carbons (Fsp3) is 0.200. The third-order valence-corrected chi connectivity index (χ3v) is 3.72. The second-order valence-corrected chi connectivity index (χ2v) is 6.49. The fourth-order valence-electron chi connectivity index (χ4n) is 2.08. The lowest BCUT2D eigenvalue weighted by molar-refractivity contribution is -0.149. The Balaban J connectivity index is 2.04. The minimum absolute atomic E-state index is 0.129. The molecule has 0 unspecified atom stereocenters. The monoisotopic (exact) mass is 399 g/mol. The Labute approximate surface area is 155 Å². The standard InChI is InChI=1S/C20H18BrNO3/c1-14(2)25-20(23)13-24-19-9-3-15(4-10-19)11-17(12-22)16-5-7-18(21)8-6-16/h3-11,14H,13H2,1-2H3/b17-11-. The second kappa shape index (κ2) is 9.05. The van der Waals surface area contributed by atoms with Gasteiger partial charge in [0, 0.05) is 4.47 Å². The summed E-state index contributed by atoms with van der Waals surface area (Å²) in [6.45, 7) is 3.45. The van der Waals surface area contributed by atoms with Crippen LogP contribution in [-0.2, 0) is 9.53 Å². The highest BCUT2D eigenvalue weighted by molar-refractivity contribution is 9.10. The first-order chi connectivity index (χ1) is 12.0. The molecule has 128 valence electrons. The van der Waals surface area contributed by atoms with Crippen LogP contribution in [0.25, 0.3) is 11.6 Å². The number of ether oxygens (including phenoxy) is 2. The third kappa shape index (κ3) is 6.09. The molecule has 0 aliphatic rings. The summed E-state index contributed by atoms with van der Waals surface area (Å²) in [6, 6.07) is 17.0. The number of allylic oxidation sites excluding steroid dienone is 1. The average Bonchev–Trinajstić information content (AvgIpc) is 2.59. The van der Waals surface area contributed by atoms with E-state index in [1.54, 1.807) is 32.1 Å². The van der Waals surface area contributed by atoms with E-state index in [-0.39, 0.29) is 12.7 Å². The zero-order valence-corrected chi connectivity index (χ0v) is 15.6. The molecule has 0 aromatic heterocycles. The van der Waals surface area contributed by atoms with Gasteiger partial charge in [-0.15, -0.1) is 0 Å². The van der Waals surface area contributed by atoms with Crippen molar-refractivity contribution in [2.45, 2.75) is 20.0 Å². The lowest BCUT2D eigenvalue weighted by Gasteiger charge is -2.09. The van der Waals surface area contributed by atoms with Crippen molar-refractivity contribution in [2.24, 2.45) is 0 Å². The van der Waals surface area contributed by atoms with Crippen molar-refractivity contribution in [3.8, 4) is 11.8 Å². The van der Waals surface area contributed by atoms with Crippen LogP contribution in [0.3, 0.4) is 0 Å². The molecule has 4 nitrogen and oxygen atoms in total. The van der Waals surface area contributed by atoms with Crippen LogP contribution in [0.4, 0.5) is 0 Å². The topological polar surface area (TPSA) is 59.3 Å². The van der Waals surface area contributed by atoms with E-state index in [9.17, 15) is 10.1 Å². The van der Waals surface area contributed by atoms with Gasteiger partial charge in [0.15, 0.2) is 6.61 Å². The molecule has 2 aromatic carbocycles. The molecule has 0 spiro atoms. The molecule has 2 rings (SSSR count). The van der Waals surface area contributed by atoms with Crippen LogP contribution in [0.15, 0.2) is 53.0 Å². The number of benzene rings is 2. The molecular weight excluding hydrogens is 382 g/mol. The van der Waals surface area contributed by atoms with Crippen LogP contribution < -0.4 is 4.74 Å². The van der Waals surface area contributed by atoms with Gasteiger partial charge < -0.3 is 9.47 Å². The van der Waals surface area contributed by atoms with Crippen molar-refractivity contribution >= 4 is 33.5 Å². The maximum absolute atomic E-state index is 11.5. The molecule has 0 fully saturated rings. The average molecular weight is 400 g/mol. The summed E-state index contributed by atoms with van der Waals surface area (Å²) >= 11 is 3.38. The van der Waals surface area contributed by atoms with E-state index < -0.39 is 5.97 Å². The van der Waals surface area contributed by atoms with E-state index in [0.29, 0.717) is 11.3 Å². The highest BCUT2D eigenvalue weighted by Crippen LogP contribution is 2.21. The number of hydrogen-bond acceptors (Lipinski definition) is 4. The summed E-state index contributed by atoms with van der Waals surface area (Å²) < 4.78 is 11.4. The Morgan fingerprint density at radius 1 is 1.16 bits per heavy atom. The van der Waals surface area contributed by atoms with Crippen LogP contribution in [0.2, 0.25) is 0 Å². The molecule has 0 saturated heterocycles. The van der Waals surface area contributed by atoms with E-state index in [2.05, 4.69) is 22.0 Å². The van der Waals surface area contributed by atoms with Crippen molar-refractivity contribution < 1.29 is 14.3 Å². The van der Waals surface area contributed by atoms with E-state index in [4.69, 9.17) is 9.47 Å². The van der Waals surface area contributed by atoms with Crippen molar-refractivity contribution in [3.63, 3.8) is 0 Å². The second-order valence-electron chi connectivity index (χ2n) is 5.57. The maximum atomic E-state index is 11.5. The first-order valence-electron chi connectivity index (χ1n) is 7.78. The molecule has 5 heteroatoms. The molecule has 25 heavy (non-hydrogen) atoms. The number of nitrogens with zero attached hydrogens (tertiary/aromatic N) is 1. The van der Waals surface area contributed by atoms with Gasteiger partial charge in [-0.25, -0.2) is 4.79 Å². The molecule has 0 bridgehead atoms. The number of rotatable bonds is 6. The molecule has 0 N–H and O–H groups in total. The normalized spacial score (nSPS) is 11.1. The lowest BCUT2D eigenvalue weighted by Crippen LogP contribution is -2.18. The molecule has 2 aromatic rings. The first-order valence-corrected chi connectivity index (χ1v) is 8.57. The van der Waals surface area contributed by atoms with Crippen LogP contribution in [0.1, 0.15) is 25.0 Å². The summed E-state index contributed by atoms with van der Waals surface area (Å²) in [5.74, 6) is 0.168. The molecule has 0 amide bonds. The van der Waals surface area contributed by atoms with Crippen LogP contribution >= 0.6 is 15.9 Å². The maximum Gasteiger partial charge on any atom is 0.344 e. The van der Waals surface area contributed by atoms with Crippen LogP contribution in [0, 0.1) is 11.3 Å². The number of carbonyl (C=O) groups is 1. The highest BCUT2D eigenvalue weighted by atomic mass is 79.9. The Morgan fingerprint density at radius 2 is 1.80 bits per heavy atom. The van der Waals surface area contributed by atoms with Crippen LogP contribution in [-0.4, -0.2) is 18.7 Å². The predicted molar refractivity (Wildman–Crippen MR) is 101 cm³/mol. The van der Waals surface area contributed by atoms with Gasteiger partial charge in [0.25, 0.3) is 0 Å². The predicted octanol–water partition coefficient (Wildman–Crippen LogP) is 4.84. The van der Waals surface area contributed by atoms with Crippen molar-refractivity contribution in [2.75, 3.05) is 6.61 Å². The largest absolute Gasteiger partial charge is 0.482 e. The highest BCUT2D eigenvalue weighted by Gasteiger charge is 2.06. The van der Waals surface area contributed by atoms with Gasteiger partial charge in [0.2, 0.25) is 0 Å². The van der Waals surface area contributed by atoms with Crippen LogP contribution in [0.5, 0.6) is 5.75 Å². The van der Waals surface area contributed by atoms with Gasteiger partial charge in [0.1, 0.15) is 5.75 Å². The summed E-state index contributed by atoms with van der Waals surface area (Å²) in [4.78, 5) is 11.5. The van der Waals surface area contributed by atoms with Crippen molar-refractivity contribution in [3.05, 3.63) is 64.1 Å². The van der Waals surface area contributed by atoms with Crippen molar-refractivity contribution in [1.29, 1.82) is 5.26 Å². The molecule has 0 radical (unpaired) electrons. The lowest BCUT2D eigenvalue weighted by atomic mass is 10.0. The zero-order valence-electron chi connectivity index (χ0n) is 14.0. The minimum atomic E-state index is -0.402. The van der Waals surface area contributed by atoms with Crippen molar-refractivity contribution in [1.82, 2.24) is 0 Å². The smallest absolute Gasteiger partial charge is 0.344 e. The number of hydrogen-bond donors (Lipinski definition) is 0. The summed E-state index contributed by atoms with van der Waals surface area (Å²) in [5, 5.41) is 9.38. The fourth-order valence-corrected chi connectivity index (χ4v) is 2.34. The van der Waals surface area contributed by atoms with E-state index in [0.717, 1.165) is 15.6 Å². The molecule has 0 aliphatic heterocycles. The number of halogens is 1. The molecule has 0 atom stereocenters. The molecular formula is C20H18BrNO3. The van der Waals surface area contributed by atoms with Gasteiger partial charge in [0.05, 0.1) is 17.7 Å². The quantitative estimate of drug-likeness (QED) is 0.395. The van der Waals surface area contributed by atoms with Gasteiger partial charge in [-0.05, 0) is 55.3 Å². The number of esters is 1. The van der Waals surface area contributed by atoms with Gasteiger partial charge in [-0.3, -0.25) is 0 Å². The number of carbonyl (C=O) groups excluding carboxylic acids is 1. The number of nitriles is 1. The zero-order chi connectivity index (χ0) is 18.2. The van der Waals surface area contributed by atoms with Gasteiger partial charge in [-0.2, -0.15) is 5.26 Å². The first kappa shape index (κ1) is 18.8. The Bertz CT molecular complexity index is 787. The molecule has 0 heterocycles. The summed E-state index contributed by atoms with van der Waals surface area (Å²) in [7, 11) is 0. The Kier molecular flexibility index (Phi) is 6.79. The Morgan fingerprint density at radius 3 is 2.36 bits per heavy atom. The SMILES string of the molecule is CC(C)OC(=O)COc1ccc(/C=C(/C#N)c2ccc(Br)cc2)cc1. The van der Waals surface area contributed by atoms with Gasteiger partial charge in [-0.1, -0.05) is 40.2 Å². The van der Waals surface area contributed by atoms with E-state index in [1.165, 1.54) is 0 Å². The van der Waals surface area contributed by atoms with E-state index in [1.807, 2.05) is 36.4 Å². The van der Waals surface area contributed by atoms with Gasteiger partial charge >= 0.3 is 5.97 Å². The van der Waals surface area contributed by atoms with E-state index >= 15 is 0 Å². The summed E-state index contributed by atoms with van der Waals surface area (Å²) in [5.41, 5.74) is 2.29. The Hall–Kier alpha value is -2.58. The summed E-state index contributed by atoms with van der Waals surface area (Å²) in [6.07, 6.45) is 1.65. The molecule has 0 aliphatic carbocycles.